The fraction of sp³-hybridized carbons (Fsp3) is 0.471. The Morgan fingerprint density at radius 2 is 2.27 bits per heavy atom. The van der Waals surface area contributed by atoms with Crippen molar-refractivity contribution in [2.24, 2.45) is 0 Å². The first-order chi connectivity index (χ1) is 12.0. The van der Waals surface area contributed by atoms with Gasteiger partial charge in [0, 0.05) is 30.5 Å². The third kappa shape index (κ3) is 4.28. The minimum atomic E-state index is -0.137. The Labute approximate surface area is 163 Å². The Balaban J connectivity index is 0.00000243. The van der Waals surface area contributed by atoms with Crippen LogP contribution in [-0.4, -0.2) is 42.8 Å². The molecule has 2 atom stereocenters. The van der Waals surface area contributed by atoms with E-state index in [1.54, 1.807) is 30.2 Å². The van der Waals surface area contributed by atoms with Gasteiger partial charge in [0.15, 0.2) is 5.82 Å². The van der Waals surface area contributed by atoms with Crippen LogP contribution in [0.25, 0.3) is 0 Å². The van der Waals surface area contributed by atoms with Crippen molar-refractivity contribution in [3.05, 3.63) is 34.9 Å². The van der Waals surface area contributed by atoms with Crippen molar-refractivity contribution in [1.82, 2.24) is 15.5 Å². The molecule has 1 N–H and O–H groups in total. The molecule has 7 nitrogen and oxygen atoms in total. The molecule has 0 radical (unpaired) electrons. The predicted octanol–water partition coefficient (Wildman–Crippen LogP) is 2.82. The number of benzene rings is 1. The van der Waals surface area contributed by atoms with Crippen molar-refractivity contribution in [3.63, 3.8) is 0 Å². The van der Waals surface area contributed by atoms with Crippen LogP contribution < -0.4 is 15.0 Å². The summed E-state index contributed by atoms with van der Waals surface area (Å²) in [5.74, 6) is 1.59. The third-order valence-electron chi connectivity index (χ3n) is 4.37. The van der Waals surface area contributed by atoms with E-state index in [9.17, 15) is 4.79 Å². The molecule has 142 valence electrons. The zero-order valence-corrected chi connectivity index (χ0v) is 16.4. The van der Waals surface area contributed by atoms with E-state index in [0.717, 1.165) is 0 Å². The van der Waals surface area contributed by atoms with Crippen LogP contribution in [0.1, 0.15) is 31.0 Å². The summed E-state index contributed by atoms with van der Waals surface area (Å²) in [6.45, 7) is 2.50. The van der Waals surface area contributed by atoms with Gasteiger partial charge in [0.25, 0.3) is 0 Å². The highest BCUT2D eigenvalue weighted by atomic mass is 35.5. The summed E-state index contributed by atoms with van der Waals surface area (Å²) in [6.07, 6.45) is 0.991. The minimum Gasteiger partial charge on any atom is -0.495 e. The smallest absolute Gasteiger partial charge is 0.232 e. The minimum absolute atomic E-state index is 0. The largest absolute Gasteiger partial charge is 0.495 e. The summed E-state index contributed by atoms with van der Waals surface area (Å²) in [5.41, 5.74) is 0.658. The second-order valence-electron chi connectivity index (χ2n) is 6.16. The van der Waals surface area contributed by atoms with Crippen LogP contribution in [0, 0.1) is 0 Å². The second-order valence-corrected chi connectivity index (χ2v) is 6.60. The van der Waals surface area contributed by atoms with Crippen LogP contribution in [0.3, 0.4) is 0 Å². The van der Waals surface area contributed by atoms with Gasteiger partial charge in [-0.2, -0.15) is 4.98 Å². The Bertz CT molecular complexity index is 768. The van der Waals surface area contributed by atoms with E-state index in [0.29, 0.717) is 47.6 Å². The van der Waals surface area contributed by atoms with Crippen LogP contribution in [0.2, 0.25) is 5.02 Å². The number of likely N-dealkylation sites (N-methyl/N-ethyl adjacent to an activating group) is 1. The number of carbonyl (C=O) groups is 1. The van der Waals surface area contributed by atoms with E-state index < -0.39 is 0 Å². The van der Waals surface area contributed by atoms with Crippen molar-refractivity contribution in [1.29, 1.82) is 0 Å². The number of hydrogen-bond acceptors (Lipinski definition) is 6. The van der Waals surface area contributed by atoms with Crippen molar-refractivity contribution in [2.75, 3.05) is 25.6 Å². The number of rotatable bonds is 6. The van der Waals surface area contributed by atoms with Gasteiger partial charge in [-0.25, -0.2) is 0 Å². The maximum Gasteiger partial charge on any atom is 0.232 e. The van der Waals surface area contributed by atoms with E-state index in [1.807, 2.05) is 14.0 Å². The molecule has 1 saturated heterocycles. The van der Waals surface area contributed by atoms with Gasteiger partial charge in [-0.05, 0) is 32.2 Å². The van der Waals surface area contributed by atoms with Gasteiger partial charge in [-0.15, -0.1) is 12.4 Å². The molecule has 0 saturated carbocycles. The van der Waals surface area contributed by atoms with E-state index in [-0.39, 0.29) is 30.3 Å². The molecule has 2 unspecified atom stereocenters. The van der Waals surface area contributed by atoms with Crippen LogP contribution in [0.15, 0.2) is 22.7 Å². The lowest BCUT2D eigenvalue weighted by molar-refractivity contribution is -0.117. The van der Waals surface area contributed by atoms with Gasteiger partial charge in [0.2, 0.25) is 11.8 Å². The van der Waals surface area contributed by atoms with Gasteiger partial charge in [-0.3, -0.25) is 4.79 Å². The van der Waals surface area contributed by atoms with E-state index in [1.165, 1.54) is 0 Å². The number of halogens is 2. The number of amides is 1. The van der Waals surface area contributed by atoms with Crippen molar-refractivity contribution >= 4 is 35.6 Å². The summed E-state index contributed by atoms with van der Waals surface area (Å²) in [5, 5.41) is 7.70. The van der Waals surface area contributed by atoms with Crippen LogP contribution >= 0.6 is 24.0 Å². The average molecular weight is 401 g/mol. The molecule has 0 spiro atoms. The quantitative estimate of drug-likeness (QED) is 0.802. The Morgan fingerprint density at radius 3 is 2.96 bits per heavy atom. The van der Waals surface area contributed by atoms with E-state index >= 15 is 0 Å². The summed E-state index contributed by atoms with van der Waals surface area (Å²) < 4.78 is 10.7. The fourth-order valence-corrected chi connectivity index (χ4v) is 3.04. The molecule has 1 fully saturated rings. The molecule has 2 heterocycles. The standard InChI is InChI=1S/C17H21ClN4O3.ClH/c1-10(19-2)6-15-20-17(25-21-15)11-7-16(23)22(9-11)13-8-12(18)4-5-14(13)24-3;/h4-5,8,10-11,19H,6-7,9H2,1-3H3;1H. The molecule has 1 aliphatic rings. The molecule has 0 aliphatic carbocycles. The Hall–Kier alpha value is -1.83. The van der Waals surface area contributed by atoms with Crippen LogP contribution in [0.4, 0.5) is 5.69 Å². The highest BCUT2D eigenvalue weighted by molar-refractivity contribution is 6.31. The van der Waals surface area contributed by atoms with Crippen LogP contribution in [-0.2, 0) is 11.2 Å². The summed E-state index contributed by atoms with van der Waals surface area (Å²) in [6, 6.07) is 5.47. The maximum absolute atomic E-state index is 12.5. The van der Waals surface area contributed by atoms with Crippen molar-refractivity contribution in [3.8, 4) is 5.75 Å². The first kappa shape index (κ1) is 20.5. The van der Waals surface area contributed by atoms with E-state index in [4.69, 9.17) is 20.9 Å². The Morgan fingerprint density at radius 1 is 1.50 bits per heavy atom. The Kier molecular flexibility index (Phi) is 6.86. The number of methoxy groups -OCH3 is 1. The van der Waals surface area contributed by atoms with Crippen LogP contribution in [0.5, 0.6) is 5.75 Å². The lowest BCUT2D eigenvalue weighted by Gasteiger charge is -2.19. The lowest BCUT2D eigenvalue weighted by atomic mass is 10.1. The zero-order valence-electron chi connectivity index (χ0n) is 14.9. The first-order valence-corrected chi connectivity index (χ1v) is 8.53. The molecule has 0 bridgehead atoms. The number of hydrogen-bond donors (Lipinski definition) is 1. The van der Waals surface area contributed by atoms with Gasteiger partial charge in [0.05, 0.1) is 18.7 Å². The normalized spacial score (nSPS) is 17.9. The number of ether oxygens (including phenoxy) is 1. The summed E-state index contributed by atoms with van der Waals surface area (Å²) >= 11 is 6.08. The SMILES string of the molecule is CNC(C)Cc1noc(C2CC(=O)N(c3cc(Cl)ccc3OC)C2)n1.Cl. The molecule has 1 aromatic heterocycles. The number of nitrogens with zero attached hydrogens (tertiary/aromatic N) is 3. The molecule has 26 heavy (non-hydrogen) atoms. The van der Waals surface area contributed by atoms with Gasteiger partial charge in [0.1, 0.15) is 5.75 Å². The van der Waals surface area contributed by atoms with Crippen molar-refractivity contribution < 1.29 is 14.1 Å². The molecule has 3 rings (SSSR count). The highest BCUT2D eigenvalue weighted by Crippen LogP contribution is 2.37. The number of carbonyl (C=O) groups excluding carboxylic acids is 1. The molecule has 1 aromatic carbocycles. The molecule has 1 amide bonds. The molecule has 9 heteroatoms. The van der Waals surface area contributed by atoms with E-state index in [2.05, 4.69) is 15.5 Å². The monoisotopic (exact) mass is 400 g/mol. The number of anilines is 1. The maximum atomic E-state index is 12.5. The number of aromatic nitrogens is 2. The van der Waals surface area contributed by atoms with Gasteiger partial charge < -0.3 is 19.5 Å². The van der Waals surface area contributed by atoms with Gasteiger partial charge in [-0.1, -0.05) is 16.8 Å². The van der Waals surface area contributed by atoms with Crippen molar-refractivity contribution in [2.45, 2.75) is 31.7 Å². The summed E-state index contributed by atoms with van der Waals surface area (Å²) in [4.78, 5) is 18.6. The number of nitrogens with one attached hydrogen (secondary N) is 1. The second kappa shape index (κ2) is 8.70. The lowest BCUT2D eigenvalue weighted by Crippen LogP contribution is -2.25. The molecular weight excluding hydrogens is 379 g/mol. The fourth-order valence-electron chi connectivity index (χ4n) is 2.87. The topological polar surface area (TPSA) is 80.5 Å². The third-order valence-corrected chi connectivity index (χ3v) is 4.61. The molecular formula is C17H22Cl2N4O3. The molecule has 1 aliphatic heterocycles. The molecule has 2 aromatic rings. The zero-order chi connectivity index (χ0) is 18.0. The van der Waals surface area contributed by atoms with Gasteiger partial charge >= 0.3 is 0 Å². The highest BCUT2D eigenvalue weighted by Gasteiger charge is 2.36. The summed E-state index contributed by atoms with van der Waals surface area (Å²) in [7, 11) is 3.45. The first-order valence-electron chi connectivity index (χ1n) is 8.15. The predicted molar refractivity (Wildman–Crippen MR) is 101 cm³/mol. The average Bonchev–Trinajstić information content (AvgIpc) is 3.21.